The Hall–Kier alpha value is -1.82. The quantitative estimate of drug-likeness (QED) is 0.828. The topological polar surface area (TPSA) is 56.9 Å². The van der Waals surface area contributed by atoms with Gasteiger partial charge in [0.05, 0.1) is 30.7 Å². The first-order chi connectivity index (χ1) is 9.24. The van der Waals surface area contributed by atoms with Gasteiger partial charge in [0.1, 0.15) is 0 Å². The standard InChI is InChI=1S/C13H21N5O/c1-4-5-14-13-16-11(2)9-18(13)12-8-15-17(10-12)6-7-19-3/h8-10H,4-7H2,1-3H3,(H,14,16). The number of aryl methyl sites for hydroxylation is 1. The Morgan fingerprint density at radius 3 is 2.95 bits per heavy atom. The van der Waals surface area contributed by atoms with Crippen molar-refractivity contribution < 1.29 is 4.74 Å². The van der Waals surface area contributed by atoms with Gasteiger partial charge in [-0.2, -0.15) is 5.10 Å². The van der Waals surface area contributed by atoms with Gasteiger partial charge in [-0.05, 0) is 13.3 Å². The van der Waals surface area contributed by atoms with Crippen LogP contribution in [0.2, 0.25) is 0 Å². The molecule has 0 aromatic carbocycles. The highest BCUT2D eigenvalue weighted by Gasteiger charge is 2.08. The van der Waals surface area contributed by atoms with E-state index in [0.29, 0.717) is 6.61 Å². The molecule has 0 aliphatic carbocycles. The summed E-state index contributed by atoms with van der Waals surface area (Å²) in [6, 6.07) is 0. The summed E-state index contributed by atoms with van der Waals surface area (Å²) >= 11 is 0. The molecule has 0 amide bonds. The summed E-state index contributed by atoms with van der Waals surface area (Å²) in [6.07, 6.45) is 6.92. The number of rotatable bonds is 7. The number of aromatic nitrogens is 4. The molecule has 2 aromatic heterocycles. The summed E-state index contributed by atoms with van der Waals surface area (Å²) < 4.78 is 8.95. The molecule has 0 aliphatic rings. The van der Waals surface area contributed by atoms with Gasteiger partial charge < -0.3 is 10.1 Å². The van der Waals surface area contributed by atoms with Crippen LogP contribution in [0.15, 0.2) is 18.6 Å². The predicted octanol–water partition coefficient (Wildman–Crippen LogP) is 1.85. The molecule has 0 spiro atoms. The van der Waals surface area contributed by atoms with Crippen LogP contribution in [0, 0.1) is 6.92 Å². The van der Waals surface area contributed by atoms with E-state index >= 15 is 0 Å². The van der Waals surface area contributed by atoms with Gasteiger partial charge in [-0.3, -0.25) is 9.25 Å². The molecule has 6 nitrogen and oxygen atoms in total. The van der Waals surface area contributed by atoms with Gasteiger partial charge in [-0.1, -0.05) is 6.92 Å². The second-order valence-corrected chi connectivity index (χ2v) is 4.46. The molecule has 2 aromatic rings. The van der Waals surface area contributed by atoms with E-state index in [2.05, 4.69) is 22.3 Å². The second kappa shape index (κ2) is 6.38. The maximum absolute atomic E-state index is 5.05. The summed E-state index contributed by atoms with van der Waals surface area (Å²) in [4.78, 5) is 4.49. The first kappa shape index (κ1) is 13.6. The number of hydrogen-bond donors (Lipinski definition) is 1. The second-order valence-electron chi connectivity index (χ2n) is 4.46. The molecule has 2 heterocycles. The zero-order valence-corrected chi connectivity index (χ0v) is 11.8. The number of hydrogen-bond acceptors (Lipinski definition) is 4. The smallest absolute Gasteiger partial charge is 0.207 e. The highest BCUT2D eigenvalue weighted by molar-refractivity contribution is 5.40. The molecule has 0 fully saturated rings. The fraction of sp³-hybridized carbons (Fsp3) is 0.538. The first-order valence-corrected chi connectivity index (χ1v) is 6.56. The molecular formula is C13H21N5O. The fourth-order valence-corrected chi connectivity index (χ4v) is 1.84. The van der Waals surface area contributed by atoms with E-state index in [0.717, 1.165) is 36.8 Å². The Balaban J connectivity index is 2.18. The first-order valence-electron chi connectivity index (χ1n) is 6.56. The van der Waals surface area contributed by atoms with Crippen LogP contribution in [-0.4, -0.2) is 39.6 Å². The van der Waals surface area contributed by atoms with Crippen LogP contribution in [0.1, 0.15) is 19.0 Å². The van der Waals surface area contributed by atoms with Crippen molar-refractivity contribution in [2.75, 3.05) is 25.6 Å². The normalized spacial score (nSPS) is 10.9. The van der Waals surface area contributed by atoms with E-state index in [9.17, 15) is 0 Å². The maximum atomic E-state index is 5.05. The summed E-state index contributed by atoms with van der Waals surface area (Å²) in [5.41, 5.74) is 2.00. The average Bonchev–Trinajstić information content (AvgIpc) is 3.00. The molecule has 0 radical (unpaired) electrons. The van der Waals surface area contributed by atoms with Crippen molar-refractivity contribution >= 4 is 5.95 Å². The molecule has 0 atom stereocenters. The van der Waals surface area contributed by atoms with E-state index in [4.69, 9.17) is 4.74 Å². The lowest BCUT2D eigenvalue weighted by Crippen LogP contribution is -2.06. The number of anilines is 1. The van der Waals surface area contributed by atoms with Crippen molar-refractivity contribution in [3.63, 3.8) is 0 Å². The lowest BCUT2D eigenvalue weighted by molar-refractivity contribution is 0.183. The molecule has 2 rings (SSSR count). The molecule has 104 valence electrons. The Morgan fingerprint density at radius 2 is 2.21 bits per heavy atom. The molecule has 0 saturated carbocycles. The van der Waals surface area contributed by atoms with Crippen molar-refractivity contribution in [1.82, 2.24) is 19.3 Å². The predicted molar refractivity (Wildman–Crippen MR) is 74.7 cm³/mol. The van der Waals surface area contributed by atoms with Crippen LogP contribution < -0.4 is 5.32 Å². The van der Waals surface area contributed by atoms with Gasteiger partial charge in [-0.15, -0.1) is 0 Å². The lowest BCUT2D eigenvalue weighted by Gasteiger charge is -2.06. The Kier molecular flexibility index (Phi) is 4.57. The Morgan fingerprint density at radius 1 is 1.37 bits per heavy atom. The molecule has 0 bridgehead atoms. The highest BCUT2D eigenvalue weighted by Crippen LogP contribution is 2.16. The van der Waals surface area contributed by atoms with E-state index in [-0.39, 0.29) is 0 Å². The molecule has 0 saturated heterocycles. The molecule has 0 unspecified atom stereocenters. The van der Waals surface area contributed by atoms with Gasteiger partial charge in [0.2, 0.25) is 5.95 Å². The van der Waals surface area contributed by atoms with Crippen molar-refractivity contribution in [3.05, 3.63) is 24.3 Å². The number of methoxy groups -OCH3 is 1. The van der Waals surface area contributed by atoms with Crippen molar-refractivity contribution in [3.8, 4) is 5.69 Å². The van der Waals surface area contributed by atoms with Gasteiger partial charge in [0.15, 0.2) is 0 Å². The fourth-order valence-electron chi connectivity index (χ4n) is 1.84. The third-order valence-corrected chi connectivity index (χ3v) is 2.78. The van der Waals surface area contributed by atoms with E-state index in [1.807, 2.05) is 34.8 Å². The number of imidazole rings is 1. The molecule has 6 heteroatoms. The lowest BCUT2D eigenvalue weighted by atomic mass is 10.5. The van der Waals surface area contributed by atoms with E-state index in [1.54, 1.807) is 7.11 Å². The monoisotopic (exact) mass is 263 g/mol. The molecule has 0 aliphatic heterocycles. The minimum Gasteiger partial charge on any atom is -0.383 e. The SMILES string of the molecule is CCCNc1nc(C)cn1-c1cnn(CCOC)c1. The van der Waals surface area contributed by atoms with E-state index in [1.165, 1.54) is 0 Å². The van der Waals surface area contributed by atoms with Crippen molar-refractivity contribution in [2.24, 2.45) is 0 Å². The van der Waals surface area contributed by atoms with Gasteiger partial charge in [0.25, 0.3) is 0 Å². The molecular weight excluding hydrogens is 242 g/mol. The van der Waals surface area contributed by atoms with Gasteiger partial charge >= 0.3 is 0 Å². The number of nitrogens with one attached hydrogen (secondary N) is 1. The number of nitrogens with zero attached hydrogens (tertiary/aromatic N) is 4. The van der Waals surface area contributed by atoms with Crippen LogP contribution in [0.4, 0.5) is 5.95 Å². The third-order valence-electron chi connectivity index (χ3n) is 2.78. The van der Waals surface area contributed by atoms with Crippen LogP contribution >= 0.6 is 0 Å². The Labute approximate surface area is 113 Å². The van der Waals surface area contributed by atoms with Crippen molar-refractivity contribution in [2.45, 2.75) is 26.8 Å². The van der Waals surface area contributed by atoms with Crippen LogP contribution in [0.5, 0.6) is 0 Å². The van der Waals surface area contributed by atoms with Crippen molar-refractivity contribution in [1.29, 1.82) is 0 Å². The molecule has 19 heavy (non-hydrogen) atoms. The highest BCUT2D eigenvalue weighted by atomic mass is 16.5. The third kappa shape index (κ3) is 3.35. The van der Waals surface area contributed by atoms with Crippen LogP contribution in [0.25, 0.3) is 5.69 Å². The van der Waals surface area contributed by atoms with Gasteiger partial charge in [-0.25, -0.2) is 4.98 Å². The molecule has 1 N–H and O–H groups in total. The maximum Gasteiger partial charge on any atom is 0.207 e. The zero-order valence-electron chi connectivity index (χ0n) is 11.8. The van der Waals surface area contributed by atoms with Gasteiger partial charge in [0, 0.05) is 26.0 Å². The summed E-state index contributed by atoms with van der Waals surface area (Å²) in [6.45, 7) is 6.44. The van der Waals surface area contributed by atoms with E-state index < -0.39 is 0 Å². The number of ether oxygens (including phenoxy) is 1. The average molecular weight is 263 g/mol. The summed E-state index contributed by atoms with van der Waals surface area (Å²) in [5, 5.41) is 7.65. The largest absolute Gasteiger partial charge is 0.383 e. The zero-order chi connectivity index (χ0) is 13.7. The minimum atomic E-state index is 0.658. The Bertz CT molecular complexity index is 517. The van der Waals surface area contributed by atoms with Crippen LogP contribution in [0.3, 0.4) is 0 Å². The van der Waals surface area contributed by atoms with Crippen LogP contribution in [-0.2, 0) is 11.3 Å². The summed E-state index contributed by atoms with van der Waals surface area (Å²) in [7, 11) is 1.69. The minimum absolute atomic E-state index is 0.658. The summed E-state index contributed by atoms with van der Waals surface area (Å²) in [5.74, 6) is 0.866.